The van der Waals surface area contributed by atoms with Crippen LogP contribution in [0.1, 0.15) is 19.3 Å². The molecule has 1 fully saturated rings. The van der Waals surface area contributed by atoms with Crippen LogP contribution in [-0.2, 0) is 4.79 Å². The predicted octanol–water partition coefficient (Wildman–Crippen LogP) is -1.07. The van der Waals surface area contributed by atoms with E-state index < -0.39 is 0 Å². The number of nitrogens with two attached hydrogens (primary N) is 2. The summed E-state index contributed by atoms with van der Waals surface area (Å²) in [6.07, 6.45) is 2.57. The molecule has 5 nitrogen and oxygen atoms in total. The van der Waals surface area contributed by atoms with Gasteiger partial charge in [0, 0.05) is 12.5 Å². The van der Waals surface area contributed by atoms with E-state index in [-0.39, 0.29) is 12.3 Å². The number of amides is 1. The van der Waals surface area contributed by atoms with Gasteiger partial charge in [0.25, 0.3) is 0 Å². The van der Waals surface area contributed by atoms with E-state index in [1.807, 2.05) is 0 Å². The average Bonchev–Trinajstić information content (AvgIpc) is 2.70. The molecule has 0 heterocycles. The van der Waals surface area contributed by atoms with Crippen LogP contribution in [0.2, 0.25) is 0 Å². The first-order valence-electron chi connectivity index (χ1n) is 4.03. The van der Waals surface area contributed by atoms with Crippen LogP contribution in [-0.4, -0.2) is 24.5 Å². The molecule has 0 radical (unpaired) electrons. The molecule has 5 heteroatoms. The summed E-state index contributed by atoms with van der Waals surface area (Å²) < 4.78 is 0. The van der Waals surface area contributed by atoms with Crippen LogP contribution in [0.5, 0.6) is 0 Å². The number of hydrogen-bond donors (Lipinski definition) is 3. The maximum absolute atomic E-state index is 10.3. The van der Waals surface area contributed by atoms with Gasteiger partial charge in [0.1, 0.15) is 0 Å². The van der Waals surface area contributed by atoms with E-state index in [4.69, 9.17) is 11.5 Å². The van der Waals surface area contributed by atoms with Gasteiger partial charge < -0.3 is 16.8 Å². The van der Waals surface area contributed by atoms with E-state index >= 15 is 0 Å². The lowest BCUT2D eigenvalue weighted by atomic mass is 10.4. The van der Waals surface area contributed by atoms with E-state index in [9.17, 15) is 4.79 Å². The van der Waals surface area contributed by atoms with Gasteiger partial charge in [-0.1, -0.05) is 0 Å². The molecule has 5 N–H and O–H groups in total. The first-order chi connectivity index (χ1) is 5.68. The molecule has 1 amide bonds. The molecule has 1 aliphatic carbocycles. The molecule has 0 spiro atoms. The van der Waals surface area contributed by atoms with Crippen molar-refractivity contribution in [3.8, 4) is 0 Å². The largest absolute Gasteiger partial charge is 0.370 e. The normalized spacial score (nSPS) is 17.5. The Balaban J connectivity index is 2.11. The van der Waals surface area contributed by atoms with E-state index in [1.54, 1.807) is 0 Å². The fraction of sp³-hybridized carbons (Fsp3) is 0.714. The number of primary amides is 1. The summed E-state index contributed by atoms with van der Waals surface area (Å²) >= 11 is 0. The van der Waals surface area contributed by atoms with E-state index in [2.05, 4.69) is 10.3 Å². The summed E-state index contributed by atoms with van der Waals surface area (Å²) in [5.74, 6) is 0.0664. The van der Waals surface area contributed by atoms with Gasteiger partial charge in [0.05, 0.1) is 6.54 Å². The SMILES string of the molecule is NC(=O)CCN=C(N)NC1CC1. The lowest BCUT2D eigenvalue weighted by Gasteiger charge is -2.01. The summed E-state index contributed by atoms with van der Waals surface area (Å²) in [6.45, 7) is 0.376. The second-order valence-corrected chi connectivity index (χ2v) is 2.90. The van der Waals surface area contributed by atoms with Crippen molar-refractivity contribution in [3.63, 3.8) is 0 Å². The quantitative estimate of drug-likeness (QED) is 0.370. The van der Waals surface area contributed by atoms with Gasteiger partial charge >= 0.3 is 0 Å². The van der Waals surface area contributed by atoms with Gasteiger partial charge in [0.15, 0.2) is 5.96 Å². The summed E-state index contributed by atoms with van der Waals surface area (Å²) in [6, 6.07) is 0.502. The zero-order valence-electron chi connectivity index (χ0n) is 6.92. The summed E-state index contributed by atoms with van der Waals surface area (Å²) in [4.78, 5) is 14.2. The molecule has 68 valence electrons. The molecular weight excluding hydrogens is 156 g/mol. The lowest BCUT2D eigenvalue weighted by molar-refractivity contribution is -0.117. The second-order valence-electron chi connectivity index (χ2n) is 2.90. The molecule has 1 rings (SSSR count). The minimum Gasteiger partial charge on any atom is -0.370 e. The molecule has 0 aromatic heterocycles. The van der Waals surface area contributed by atoms with Crippen LogP contribution >= 0.6 is 0 Å². The number of carbonyl (C=O) groups is 1. The van der Waals surface area contributed by atoms with E-state index in [0.29, 0.717) is 18.5 Å². The number of guanidine groups is 1. The summed E-state index contributed by atoms with van der Waals surface area (Å²) in [5, 5.41) is 3.00. The summed E-state index contributed by atoms with van der Waals surface area (Å²) in [5.41, 5.74) is 10.4. The Bertz CT molecular complexity index is 198. The standard InChI is InChI=1S/C7H14N4O/c8-6(12)3-4-10-7(9)11-5-1-2-5/h5H,1-4H2,(H2,8,12)(H3,9,10,11). The van der Waals surface area contributed by atoms with Gasteiger partial charge in [0.2, 0.25) is 5.91 Å². The number of aliphatic imine (C=N–C) groups is 1. The molecule has 12 heavy (non-hydrogen) atoms. The number of hydrogen-bond acceptors (Lipinski definition) is 2. The first kappa shape index (κ1) is 8.83. The van der Waals surface area contributed by atoms with Crippen molar-refractivity contribution in [1.82, 2.24) is 5.32 Å². The van der Waals surface area contributed by atoms with Crippen molar-refractivity contribution in [3.05, 3.63) is 0 Å². The van der Waals surface area contributed by atoms with Crippen molar-refractivity contribution in [2.45, 2.75) is 25.3 Å². The average molecular weight is 170 g/mol. The van der Waals surface area contributed by atoms with Crippen LogP contribution in [0, 0.1) is 0 Å². The molecule has 0 atom stereocenters. The van der Waals surface area contributed by atoms with Crippen LogP contribution < -0.4 is 16.8 Å². The highest BCUT2D eigenvalue weighted by Gasteiger charge is 2.21. The number of nitrogens with one attached hydrogen (secondary N) is 1. The van der Waals surface area contributed by atoms with Gasteiger partial charge in [-0.25, -0.2) is 0 Å². The maximum atomic E-state index is 10.3. The molecule has 1 saturated carbocycles. The van der Waals surface area contributed by atoms with Crippen LogP contribution in [0.3, 0.4) is 0 Å². The van der Waals surface area contributed by atoms with E-state index in [0.717, 1.165) is 12.8 Å². The molecule has 0 bridgehead atoms. The van der Waals surface area contributed by atoms with Crippen molar-refractivity contribution < 1.29 is 4.79 Å². The molecule has 0 unspecified atom stereocenters. The molecule has 0 aliphatic heterocycles. The maximum Gasteiger partial charge on any atom is 0.219 e. The molecule has 1 aliphatic rings. The Kier molecular flexibility index (Phi) is 2.90. The van der Waals surface area contributed by atoms with Gasteiger partial charge in [-0.05, 0) is 12.8 Å². The smallest absolute Gasteiger partial charge is 0.219 e. The van der Waals surface area contributed by atoms with Gasteiger partial charge in [-0.15, -0.1) is 0 Å². The third kappa shape index (κ3) is 3.80. The predicted molar refractivity (Wildman–Crippen MR) is 46.5 cm³/mol. The number of rotatable bonds is 4. The Morgan fingerprint density at radius 3 is 2.67 bits per heavy atom. The van der Waals surface area contributed by atoms with Crippen molar-refractivity contribution in [2.75, 3.05) is 6.54 Å². The second kappa shape index (κ2) is 3.94. The monoisotopic (exact) mass is 170 g/mol. The molecule has 0 aromatic carbocycles. The van der Waals surface area contributed by atoms with Gasteiger partial charge in [-0.3, -0.25) is 9.79 Å². The fourth-order valence-corrected chi connectivity index (χ4v) is 0.769. The topological polar surface area (TPSA) is 93.5 Å². The summed E-state index contributed by atoms with van der Waals surface area (Å²) in [7, 11) is 0. The molecule has 0 saturated heterocycles. The molecular formula is C7H14N4O. The number of nitrogens with zero attached hydrogens (tertiary/aromatic N) is 1. The Morgan fingerprint density at radius 2 is 2.17 bits per heavy atom. The van der Waals surface area contributed by atoms with Gasteiger partial charge in [-0.2, -0.15) is 0 Å². The highest BCUT2D eigenvalue weighted by molar-refractivity contribution is 5.79. The van der Waals surface area contributed by atoms with Crippen LogP contribution in [0.15, 0.2) is 4.99 Å². The van der Waals surface area contributed by atoms with Crippen LogP contribution in [0.25, 0.3) is 0 Å². The van der Waals surface area contributed by atoms with Crippen molar-refractivity contribution in [2.24, 2.45) is 16.5 Å². The lowest BCUT2D eigenvalue weighted by Crippen LogP contribution is -2.33. The first-order valence-corrected chi connectivity index (χ1v) is 4.03. The Hall–Kier alpha value is -1.26. The minimum absolute atomic E-state index is 0.257. The highest BCUT2D eigenvalue weighted by Crippen LogP contribution is 2.17. The van der Waals surface area contributed by atoms with Crippen molar-refractivity contribution >= 4 is 11.9 Å². The zero-order chi connectivity index (χ0) is 8.97. The minimum atomic E-state index is -0.349. The highest BCUT2D eigenvalue weighted by atomic mass is 16.1. The zero-order valence-corrected chi connectivity index (χ0v) is 6.92. The third-order valence-corrected chi connectivity index (χ3v) is 1.57. The fourth-order valence-electron chi connectivity index (χ4n) is 0.769. The van der Waals surface area contributed by atoms with E-state index in [1.165, 1.54) is 0 Å². The Morgan fingerprint density at radius 1 is 1.50 bits per heavy atom. The van der Waals surface area contributed by atoms with Crippen molar-refractivity contribution in [1.29, 1.82) is 0 Å². The third-order valence-electron chi connectivity index (χ3n) is 1.57. The molecule has 0 aromatic rings. The van der Waals surface area contributed by atoms with Crippen LogP contribution in [0.4, 0.5) is 0 Å². The Labute approximate surface area is 71.2 Å². The number of carbonyl (C=O) groups excluding carboxylic acids is 1.